The second-order valence-corrected chi connectivity index (χ2v) is 8.36. The van der Waals surface area contributed by atoms with Gasteiger partial charge in [0, 0.05) is 65.0 Å². The van der Waals surface area contributed by atoms with Crippen molar-refractivity contribution in [3.63, 3.8) is 0 Å². The number of piperazine rings is 1. The van der Waals surface area contributed by atoms with Crippen LogP contribution >= 0.6 is 24.0 Å². The van der Waals surface area contributed by atoms with E-state index in [4.69, 9.17) is 9.52 Å². The van der Waals surface area contributed by atoms with Crippen LogP contribution in [0.2, 0.25) is 0 Å². The lowest BCUT2D eigenvalue weighted by Gasteiger charge is -2.36. The maximum atomic E-state index is 10.6. The van der Waals surface area contributed by atoms with Gasteiger partial charge in [-0.3, -0.25) is 14.8 Å². The van der Waals surface area contributed by atoms with Crippen molar-refractivity contribution in [2.45, 2.75) is 32.5 Å². The zero-order valence-corrected chi connectivity index (χ0v) is 21.1. The largest absolute Gasteiger partial charge is 0.390 e. The Hall–Kier alpha value is -1.69. The van der Waals surface area contributed by atoms with E-state index in [0.717, 1.165) is 70.4 Å². The first-order valence-corrected chi connectivity index (χ1v) is 11.3. The van der Waals surface area contributed by atoms with Gasteiger partial charge in [-0.2, -0.15) is 0 Å². The van der Waals surface area contributed by atoms with E-state index < -0.39 is 6.10 Å². The summed E-state index contributed by atoms with van der Waals surface area (Å²) in [6, 6.07) is 10.5. The van der Waals surface area contributed by atoms with E-state index in [0.29, 0.717) is 13.1 Å². The summed E-state index contributed by atoms with van der Waals surface area (Å²) in [5.41, 5.74) is 3.78. The number of benzene rings is 1. The number of β-amino-alcohol motifs (C(OH)–C–C–N with tert-alkyl or cyclic N) is 1. The highest BCUT2D eigenvalue weighted by Crippen LogP contribution is 2.18. The molecule has 32 heavy (non-hydrogen) atoms. The van der Waals surface area contributed by atoms with Gasteiger partial charge in [0.05, 0.1) is 18.3 Å². The molecule has 1 atom stereocenters. The van der Waals surface area contributed by atoms with E-state index >= 15 is 0 Å². The van der Waals surface area contributed by atoms with Crippen LogP contribution in [0.25, 0.3) is 0 Å². The summed E-state index contributed by atoms with van der Waals surface area (Å²) in [5.74, 6) is 0.895. The van der Waals surface area contributed by atoms with Crippen molar-refractivity contribution in [1.82, 2.24) is 25.2 Å². The molecule has 2 aliphatic rings. The van der Waals surface area contributed by atoms with Crippen LogP contribution in [0.1, 0.15) is 23.7 Å². The molecule has 4 rings (SSSR count). The Kier molecular flexibility index (Phi) is 9.76. The second kappa shape index (κ2) is 12.5. The predicted molar refractivity (Wildman–Crippen MR) is 136 cm³/mol. The van der Waals surface area contributed by atoms with Crippen LogP contribution in [0.4, 0.5) is 0 Å². The maximum Gasteiger partial charge on any atom is 0.194 e. The Morgan fingerprint density at radius 1 is 1.12 bits per heavy atom. The minimum Gasteiger partial charge on any atom is -0.390 e. The Balaban J connectivity index is 0.00000289. The lowest BCUT2D eigenvalue weighted by molar-refractivity contribution is 0.111. The number of halogens is 1. The molecule has 0 aliphatic carbocycles. The summed E-state index contributed by atoms with van der Waals surface area (Å²) < 4.78 is 4.93. The van der Waals surface area contributed by atoms with E-state index in [2.05, 4.69) is 56.4 Å². The quantitative estimate of drug-likeness (QED) is 0.307. The maximum absolute atomic E-state index is 10.6. The number of rotatable bonds is 7. The number of nitrogens with one attached hydrogen (secondary N) is 1. The van der Waals surface area contributed by atoms with Crippen molar-refractivity contribution in [2.75, 3.05) is 52.4 Å². The fourth-order valence-corrected chi connectivity index (χ4v) is 4.35. The van der Waals surface area contributed by atoms with E-state index in [1.54, 1.807) is 6.26 Å². The highest BCUT2D eigenvalue weighted by atomic mass is 127. The van der Waals surface area contributed by atoms with Crippen molar-refractivity contribution in [2.24, 2.45) is 4.99 Å². The number of hydrogen-bond acceptors (Lipinski definition) is 6. The Bertz CT molecular complexity index is 839. The number of fused-ring (bicyclic) bond motifs is 1. The van der Waals surface area contributed by atoms with Crippen LogP contribution in [0.15, 0.2) is 46.1 Å². The lowest BCUT2D eigenvalue weighted by Crippen LogP contribution is -2.52. The van der Waals surface area contributed by atoms with E-state index in [-0.39, 0.29) is 24.0 Å². The number of aliphatic imine (C=N–C) groups is 1. The van der Waals surface area contributed by atoms with E-state index in [1.165, 1.54) is 11.1 Å². The summed E-state index contributed by atoms with van der Waals surface area (Å²) in [6.07, 6.45) is 2.20. The van der Waals surface area contributed by atoms with Crippen molar-refractivity contribution < 1.29 is 9.63 Å². The molecule has 1 saturated heterocycles. The third-order valence-electron chi connectivity index (χ3n) is 6.01. The number of aromatic nitrogens is 1. The molecule has 1 aromatic carbocycles. The first-order valence-electron chi connectivity index (χ1n) is 11.3. The zero-order chi connectivity index (χ0) is 21.5. The summed E-state index contributed by atoms with van der Waals surface area (Å²) in [4.78, 5) is 11.7. The molecule has 3 heterocycles. The standard InChI is InChI=1S/C23H34N6O2.HI/c1-2-24-23(29-12-10-27(11-13-29)17-21-8-14-31-26-21)25-15-22(30)18-28-9-7-19-5-3-4-6-20(19)16-28;/h3-6,8,14,22,30H,2,7,9-13,15-18H2,1H3,(H,24,25);1H. The van der Waals surface area contributed by atoms with E-state index in [1.807, 2.05) is 6.07 Å². The highest BCUT2D eigenvalue weighted by molar-refractivity contribution is 14.0. The van der Waals surface area contributed by atoms with Gasteiger partial charge in [-0.25, -0.2) is 0 Å². The monoisotopic (exact) mass is 554 g/mol. The van der Waals surface area contributed by atoms with Gasteiger partial charge in [-0.15, -0.1) is 24.0 Å². The van der Waals surface area contributed by atoms with Gasteiger partial charge in [0.25, 0.3) is 0 Å². The molecule has 176 valence electrons. The highest BCUT2D eigenvalue weighted by Gasteiger charge is 2.22. The van der Waals surface area contributed by atoms with E-state index in [9.17, 15) is 5.11 Å². The first-order chi connectivity index (χ1) is 15.2. The number of nitrogens with zero attached hydrogens (tertiary/aromatic N) is 5. The molecule has 0 spiro atoms. The molecular formula is C23H35IN6O2. The van der Waals surface area contributed by atoms with Crippen LogP contribution in [0, 0.1) is 0 Å². The summed E-state index contributed by atoms with van der Waals surface area (Å²) in [5, 5.41) is 18.0. The van der Waals surface area contributed by atoms with Crippen molar-refractivity contribution >= 4 is 29.9 Å². The van der Waals surface area contributed by atoms with Gasteiger partial charge in [0.2, 0.25) is 0 Å². The van der Waals surface area contributed by atoms with Crippen LogP contribution < -0.4 is 5.32 Å². The predicted octanol–water partition coefficient (Wildman–Crippen LogP) is 1.79. The van der Waals surface area contributed by atoms with Gasteiger partial charge in [-0.05, 0) is 24.5 Å². The van der Waals surface area contributed by atoms with Crippen LogP contribution in [-0.4, -0.2) is 89.4 Å². The van der Waals surface area contributed by atoms with Gasteiger partial charge in [0.1, 0.15) is 6.26 Å². The molecule has 2 N–H and O–H groups in total. The summed E-state index contributed by atoms with van der Waals surface area (Å²) in [6.45, 7) is 10.4. The Morgan fingerprint density at radius 2 is 1.91 bits per heavy atom. The minimum atomic E-state index is -0.465. The number of aliphatic hydroxyl groups is 1. The van der Waals surface area contributed by atoms with Crippen LogP contribution in [0.5, 0.6) is 0 Å². The zero-order valence-electron chi connectivity index (χ0n) is 18.8. The molecule has 1 aromatic heterocycles. The lowest BCUT2D eigenvalue weighted by atomic mass is 10.00. The topological polar surface area (TPSA) is 80.4 Å². The first kappa shape index (κ1) is 24.9. The number of aliphatic hydroxyl groups excluding tert-OH is 1. The third-order valence-corrected chi connectivity index (χ3v) is 6.01. The fraction of sp³-hybridized carbons (Fsp3) is 0.565. The SMILES string of the molecule is CCNC(=NCC(O)CN1CCc2ccccc2C1)N1CCN(Cc2ccon2)CC1.I. The van der Waals surface area contributed by atoms with Gasteiger partial charge >= 0.3 is 0 Å². The van der Waals surface area contributed by atoms with Gasteiger partial charge in [0.15, 0.2) is 5.96 Å². The molecular weight excluding hydrogens is 519 g/mol. The average molecular weight is 554 g/mol. The molecule has 0 saturated carbocycles. The van der Waals surface area contributed by atoms with Crippen molar-refractivity contribution in [3.8, 4) is 0 Å². The molecule has 9 heteroatoms. The third kappa shape index (κ3) is 6.90. The molecule has 8 nitrogen and oxygen atoms in total. The van der Waals surface area contributed by atoms with Crippen LogP contribution in [0.3, 0.4) is 0 Å². The number of hydrogen-bond donors (Lipinski definition) is 2. The van der Waals surface area contributed by atoms with Gasteiger partial charge in [-0.1, -0.05) is 29.4 Å². The molecule has 2 aliphatic heterocycles. The molecule has 2 aromatic rings. The average Bonchev–Trinajstić information content (AvgIpc) is 3.30. The Labute approximate surface area is 207 Å². The second-order valence-electron chi connectivity index (χ2n) is 8.36. The van der Waals surface area contributed by atoms with Crippen molar-refractivity contribution in [3.05, 3.63) is 53.4 Å². The molecule has 0 amide bonds. The molecule has 1 unspecified atom stereocenters. The minimum absolute atomic E-state index is 0. The molecule has 0 bridgehead atoms. The summed E-state index contributed by atoms with van der Waals surface area (Å²) >= 11 is 0. The smallest absolute Gasteiger partial charge is 0.194 e. The summed E-state index contributed by atoms with van der Waals surface area (Å²) in [7, 11) is 0. The van der Waals surface area contributed by atoms with Crippen molar-refractivity contribution in [1.29, 1.82) is 0 Å². The Morgan fingerprint density at radius 3 is 2.62 bits per heavy atom. The fourth-order valence-electron chi connectivity index (χ4n) is 4.35. The number of guanidine groups is 1. The van der Waals surface area contributed by atoms with Crippen LogP contribution in [-0.2, 0) is 19.5 Å². The van der Waals surface area contributed by atoms with Gasteiger partial charge < -0.3 is 19.8 Å². The molecule has 1 fully saturated rings. The molecule has 0 radical (unpaired) electrons. The normalized spacial score (nSPS) is 18.7.